The SMILES string of the molecule is COCCNCC(=O)N1Cc2ccccc2C1. The highest BCUT2D eigenvalue weighted by Crippen LogP contribution is 2.21. The molecular formula is C13H18N2O2. The first-order valence-electron chi connectivity index (χ1n) is 5.85. The number of rotatable bonds is 5. The minimum absolute atomic E-state index is 0.150. The van der Waals surface area contributed by atoms with Gasteiger partial charge in [-0.3, -0.25) is 4.79 Å². The van der Waals surface area contributed by atoms with E-state index in [2.05, 4.69) is 17.4 Å². The molecule has 0 fully saturated rings. The summed E-state index contributed by atoms with van der Waals surface area (Å²) in [5.74, 6) is 0.150. The lowest BCUT2D eigenvalue weighted by Gasteiger charge is -2.15. The second kappa shape index (κ2) is 5.80. The summed E-state index contributed by atoms with van der Waals surface area (Å²) in [5.41, 5.74) is 2.52. The normalized spacial score (nSPS) is 13.8. The largest absolute Gasteiger partial charge is 0.383 e. The molecule has 0 aliphatic carbocycles. The van der Waals surface area contributed by atoms with E-state index in [1.54, 1.807) is 7.11 Å². The third-order valence-electron chi connectivity index (χ3n) is 2.95. The average molecular weight is 234 g/mol. The van der Waals surface area contributed by atoms with E-state index in [4.69, 9.17) is 4.74 Å². The van der Waals surface area contributed by atoms with E-state index in [-0.39, 0.29) is 5.91 Å². The number of hydrogen-bond donors (Lipinski definition) is 1. The molecule has 4 heteroatoms. The van der Waals surface area contributed by atoms with Crippen molar-refractivity contribution in [2.75, 3.05) is 26.8 Å². The van der Waals surface area contributed by atoms with Crippen molar-refractivity contribution in [1.29, 1.82) is 0 Å². The van der Waals surface area contributed by atoms with Crippen LogP contribution >= 0.6 is 0 Å². The Kier molecular flexibility index (Phi) is 4.12. The van der Waals surface area contributed by atoms with Crippen LogP contribution in [0.25, 0.3) is 0 Å². The maximum Gasteiger partial charge on any atom is 0.237 e. The van der Waals surface area contributed by atoms with Crippen LogP contribution in [0.3, 0.4) is 0 Å². The number of nitrogens with one attached hydrogen (secondary N) is 1. The zero-order valence-electron chi connectivity index (χ0n) is 10.1. The van der Waals surface area contributed by atoms with E-state index in [9.17, 15) is 4.79 Å². The first kappa shape index (κ1) is 12.1. The van der Waals surface area contributed by atoms with Gasteiger partial charge in [0.25, 0.3) is 0 Å². The van der Waals surface area contributed by atoms with Crippen LogP contribution < -0.4 is 5.32 Å². The molecule has 0 spiro atoms. The molecule has 1 N–H and O–H groups in total. The van der Waals surface area contributed by atoms with Crippen LogP contribution in [0.5, 0.6) is 0 Å². The summed E-state index contributed by atoms with van der Waals surface area (Å²) < 4.78 is 4.91. The van der Waals surface area contributed by atoms with Gasteiger partial charge in [-0.1, -0.05) is 24.3 Å². The molecular weight excluding hydrogens is 216 g/mol. The Hall–Kier alpha value is -1.39. The number of nitrogens with zero attached hydrogens (tertiary/aromatic N) is 1. The topological polar surface area (TPSA) is 41.6 Å². The summed E-state index contributed by atoms with van der Waals surface area (Å²) in [4.78, 5) is 13.8. The van der Waals surface area contributed by atoms with Crippen LogP contribution in [0, 0.1) is 0 Å². The van der Waals surface area contributed by atoms with Crippen LogP contribution in [0.15, 0.2) is 24.3 Å². The monoisotopic (exact) mass is 234 g/mol. The number of amides is 1. The third kappa shape index (κ3) is 3.05. The number of carbonyl (C=O) groups is 1. The Morgan fingerprint density at radius 3 is 2.59 bits per heavy atom. The number of carbonyl (C=O) groups excluding carboxylic acids is 1. The second-order valence-corrected chi connectivity index (χ2v) is 4.19. The quantitative estimate of drug-likeness (QED) is 0.765. The molecule has 0 radical (unpaired) electrons. The molecule has 0 aromatic heterocycles. The predicted octanol–water partition coefficient (Wildman–Crippen LogP) is 0.765. The summed E-state index contributed by atoms with van der Waals surface area (Å²) in [6, 6.07) is 8.20. The predicted molar refractivity (Wildman–Crippen MR) is 65.4 cm³/mol. The van der Waals surface area contributed by atoms with Crippen LogP contribution in [0.2, 0.25) is 0 Å². The zero-order valence-corrected chi connectivity index (χ0v) is 10.1. The summed E-state index contributed by atoms with van der Waals surface area (Å²) in [6.07, 6.45) is 0. The molecule has 2 rings (SSSR count). The first-order chi connectivity index (χ1) is 8.31. The molecule has 0 saturated heterocycles. The van der Waals surface area contributed by atoms with Gasteiger partial charge in [0.15, 0.2) is 0 Å². The lowest BCUT2D eigenvalue weighted by molar-refractivity contribution is -0.130. The summed E-state index contributed by atoms with van der Waals surface area (Å²) >= 11 is 0. The number of benzene rings is 1. The van der Waals surface area contributed by atoms with Crippen molar-refractivity contribution in [2.45, 2.75) is 13.1 Å². The average Bonchev–Trinajstić information content (AvgIpc) is 2.78. The van der Waals surface area contributed by atoms with Crippen LogP contribution in [-0.4, -0.2) is 37.6 Å². The molecule has 0 atom stereocenters. The van der Waals surface area contributed by atoms with Gasteiger partial charge in [0.2, 0.25) is 5.91 Å². The van der Waals surface area contributed by atoms with Gasteiger partial charge in [-0.25, -0.2) is 0 Å². The Balaban J connectivity index is 1.80. The van der Waals surface area contributed by atoms with Crippen molar-refractivity contribution in [1.82, 2.24) is 10.2 Å². The van der Waals surface area contributed by atoms with Gasteiger partial charge in [-0.2, -0.15) is 0 Å². The summed E-state index contributed by atoms with van der Waals surface area (Å²) in [5, 5.41) is 3.07. The Bertz CT molecular complexity index is 368. The fraction of sp³-hybridized carbons (Fsp3) is 0.462. The fourth-order valence-corrected chi connectivity index (χ4v) is 1.99. The standard InChI is InChI=1S/C13H18N2O2/c1-17-7-6-14-8-13(16)15-9-11-4-2-3-5-12(11)10-15/h2-5,14H,6-10H2,1H3. The van der Waals surface area contributed by atoms with Crippen molar-refractivity contribution in [3.05, 3.63) is 35.4 Å². The van der Waals surface area contributed by atoms with Crippen molar-refractivity contribution in [3.8, 4) is 0 Å². The van der Waals surface area contributed by atoms with Gasteiger partial charge >= 0.3 is 0 Å². The smallest absolute Gasteiger partial charge is 0.237 e. The maximum atomic E-state index is 11.9. The van der Waals surface area contributed by atoms with Gasteiger partial charge in [0, 0.05) is 26.7 Å². The van der Waals surface area contributed by atoms with Crippen LogP contribution in [0.1, 0.15) is 11.1 Å². The molecule has 0 unspecified atom stereocenters. The van der Waals surface area contributed by atoms with Gasteiger partial charge in [0.1, 0.15) is 0 Å². The summed E-state index contributed by atoms with van der Waals surface area (Å²) in [7, 11) is 1.65. The van der Waals surface area contributed by atoms with Gasteiger partial charge in [0.05, 0.1) is 13.2 Å². The Labute approximate surface area is 102 Å². The molecule has 17 heavy (non-hydrogen) atoms. The van der Waals surface area contributed by atoms with E-state index in [0.717, 1.165) is 13.1 Å². The molecule has 1 aromatic rings. The van der Waals surface area contributed by atoms with E-state index in [1.807, 2.05) is 17.0 Å². The van der Waals surface area contributed by atoms with Crippen molar-refractivity contribution in [3.63, 3.8) is 0 Å². The van der Waals surface area contributed by atoms with Gasteiger partial charge in [-0.15, -0.1) is 0 Å². The number of ether oxygens (including phenoxy) is 1. The molecule has 1 amide bonds. The lowest BCUT2D eigenvalue weighted by atomic mass is 10.1. The number of hydrogen-bond acceptors (Lipinski definition) is 3. The van der Waals surface area contributed by atoms with Crippen molar-refractivity contribution >= 4 is 5.91 Å². The van der Waals surface area contributed by atoms with Crippen molar-refractivity contribution in [2.24, 2.45) is 0 Å². The van der Waals surface area contributed by atoms with Crippen LogP contribution in [-0.2, 0) is 22.6 Å². The van der Waals surface area contributed by atoms with E-state index < -0.39 is 0 Å². The Morgan fingerprint density at radius 1 is 1.35 bits per heavy atom. The molecule has 0 bridgehead atoms. The minimum Gasteiger partial charge on any atom is -0.383 e. The fourth-order valence-electron chi connectivity index (χ4n) is 1.99. The first-order valence-corrected chi connectivity index (χ1v) is 5.85. The van der Waals surface area contributed by atoms with Gasteiger partial charge in [-0.05, 0) is 11.1 Å². The highest BCUT2D eigenvalue weighted by atomic mass is 16.5. The molecule has 1 aliphatic rings. The molecule has 1 heterocycles. The highest BCUT2D eigenvalue weighted by Gasteiger charge is 2.21. The Morgan fingerprint density at radius 2 is 2.00 bits per heavy atom. The molecule has 4 nitrogen and oxygen atoms in total. The maximum absolute atomic E-state index is 11.9. The molecule has 0 saturated carbocycles. The van der Waals surface area contributed by atoms with E-state index in [1.165, 1.54) is 11.1 Å². The number of fused-ring (bicyclic) bond motifs is 1. The second-order valence-electron chi connectivity index (χ2n) is 4.19. The van der Waals surface area contributed by atoms with E-state index in [0.29, 0.717) is 19.7 Å². The third-order valence-corrected chi connectivity index (χ3v) is 2.95. The van der Waals surface area contributed by atoms with Crippen LogP contribution in [0.4, 0.5) is 0 Å². The van der Waals surface area contributed by atoms with E-state index >= 15 is 0 Å². The highest BCUT2D eigenvalue weighted by molar-refractivity contribution is 5.79. The summed E-state index contributed by atoms with van der Waals surface area (Å²) in [6.45, 7) is 3.20. The zero-order chi connectivity index (χ0) is 12.1. The van der Waals surface area contributed by atoms with Gasteiger partial charge < -0.3 is 15.0 Å². The van der Waals surface area contributed by atoms with Crippen molar-refractivity contribution < 1.29 is 9.53 Å². The molecule has 1 aliphatic heterocycles. The lowest BCUT2D eigenvalue weighted by Crippen LogP contribution is -2.35. The molecule has 92 valence electrons. The number of methoxy groups -OCH3 is 1. The molecule has 1 aromatic carbocycles. The minimum atomic E-state index is 0.150.